The molecule has 29 heavy (non-hydrogen) atoms. The number of urea groups is 1. The topological polar surface area (TPSA) is 53.6 Å². The maximum atomic E-state index is 12.5. The van der Waals surface area contributed by atoms with Crippen LogP contribution < -0.4 is 15.4 Å². The molecule has 2 atom stereocenters. The van der Waals surface area contributed by atoms with Crippen molar-refractivity contribution in [1.82, 2.24) is 10.2 Å². The highest BCUT2D eigenvalue weighted by molar-refractivity contribution is 5.89. The van der Waals surface area contributed by atoms with Crippen molar-refractivity contribution in [1.29, 1.82) is 0 Å². The van der Waals surface area contributed by atoms with Gasteiger partial charge in [-0.05, 0) is 68.0 Å². The van der Waals surface area contributed by atoms with E-state index in [0.29, 0.717) is 12.1 Å². The summed E-state index contributed by atoms with van der Waals surface area (Å²) in [6, 6.07) is 17.5. The highest BCUT2D eigenvalue weighted by atomic mass is 16.5. The maximum absolute atomic E-state index is 12.5. The van der Waals surface area contributed by atoms with E-state index in [-0.39, 0.29) is 12.1 Å². The van der Waals surface area contributed by atoms with Crippen molar-refractivity contribution in [3.8, 4) is 5.75 Å². The molecule has 2 bridgehead atoms. The van der Waals surface area contributed by atoms with E-state index in [4.69, 9.17) is 4.74 Å². The molecule has 0 saturated carbocycles. The number of anilines is 1. The number of methoxy groups -OCH3 is 1. The summed E-state index contributed by atoms with van der Waals surface area (Å²) in [6.45, 7) is 3.00. The minimum Gasteiger partial charge on any atom is -0.497 e. The predicted molar refractivity (Wildman–Crippen MR) is 116 cm³/mol. The summed E-state index contributed by atoms with van der Waals surface area (Å²) in [6.07, 6.45) is 5.76. The summed E-state index contributed by atoms with van der Waals surface area (Å²) in [5, 5.41) is 6.20. The number of carbonyl (C=O) groups is 1. The Bertz CT molecular complexity index is 822. The molecule has 0 spiro atoms. The van der Waals surface area contributed by atoms with E-state index >= 15 is 0 Å². The molecule has 2 aliphatic rings. The second-order valence-corrected chi connectivity index (χ2v) is 8.40. The Balaban J connectivity index is 1.35. The first-order chi connectivity index (χ1) is 14.1. The number of piperidine rings is 2. The van der Waals surface area contributed by atoms with Gasteiger partial charge in [0.25, 0.3) is 0 Å². The molecule has 0 aromatic heterocycles. The second kappa shape index (κ2) is 8.87. The van der Waals surface area contributed by atoms with E-state index in [9.17, 15) is 4.79 Å². The van der Waals surface area contributed by atoms with Crippen LogP contribution >= 0.6 is 0 Å². The number of hydrogen-bond donors (Lipinski definition) is 2. The van der Waals surface area contributed by atoms with E-state index in [2.05, 4.69) is 27.7 Å². The first-order valence-electron chi connectivity index (χ1n) is 10.6. The lowest BCUT2D eigenvalue weighted by Crippen LogP contribution is -2.56. The van der Waals surface area contributed by atoms with Gasteiger partial charge in [-0.1, -0.05) is 30.7 Å². The number of fused-ring (bicyclic) bond motifs is 2. The van der Waals surface area contributed by atoms with Crippen LogP contribution in [-0.4, -0.2) is 36.2 Å². The zero-order valence-corrected chi connectivity index (χ0v) is 17.4. The molecule has 2 aliphatic heterocycles. The van der Waals surface area contributed by atoms with Crippen LogP contribution in [0.15, 0.2) is 48.5 Å². The van der Waals surface area contributed by atoms with Gasteiger partial charge in [0.15, 0.2) is 0 Å². The van der Waals surface area contributed by atoms with Gasteiger partial charge in [-0.15, -0.1) is 0 Å². The maximum Gasteiger partial charge on any atom is 0.319 e. The molecule has 2 fully saturated rings. The monoisotopic (exact) mass is 393 g/mol. The number of amides is 2. The third-order valence-corrected chi connectivity index (χ3v) is 6.26. The molecule has 2 saturated heterocycles. The molecule has 0 unspecified atom stereocenters. The molecule has 2 aromatic carbocycles. The van der Waals surface area contributed by atoms with Gasteiger partial charge < -0.3 is 15.4 Å². The lowest BCUT2D eigenvalue weighted by Gasteiger charge is -2.49. The van der Waals surface area contributed by atoms with E-state index in [1.54, 1.807) is 7.11 Å². The quantitative estimate of drug-likeness (QED) is 0.773. The van der Waals surface area contributed by atoms with Gasteiger partial charge in [0, 0.05) is 30.4 Å². The average Bonchev–Trinajstić information content (AvgIpc) is 2.69. The zero-order valence-electron chi connectivity index (χ0n) is 17.4. The molecule has 5 heteroatoms. The van der Waals surface area contributed by atoms with Crippen LogP contribution in [0.25, 0.3) is 0 Å². The lowest BCUT2D eigenvalue weighted by molar-refractivity contribution is 0.0200. The standard InChI is InChI=1S/C24H31N3O2/c1-17-5-3-6-19(13-17)25-24(28)26-20-14-21-7-4-8-22(15-20)27(21)16-18-9-11-23(29-2)12-10-18/h3,5-6,9-13,20-22H,4,7-8,14-16H2,1-2H3,(H2,25,26,28)/t21-,22-/m0/s1. The SMILES string of the molecule is COc1ccc(CN2[C@H]3CCC[C@H]2CC(NC(=O)Nc2cccc(C)c2)C3)cc1. The molecular weight excluding hydrogens is 362 g/mol. The molecule has 5 nitrogen and oxygen atoms in total. The number of nitrogens with one attached hydrogen (secondary N) is 2. The predicted octanol–water partition coefficient (Wildman–Crippen LogP) is 4.71. The number of carbonyl (C=O) groups excluding carboxylic acids is 1. The summed E-state index contributed by atoms with van der Waals surface area (Å²) in [5.74, 6) is 0.900. The fraction of sp³-hybridized carbons (Fsp3) is 0.458. The Labute approximate surface area is 173 Å². The average molecular weight is 394 g/mol. The van der Waals surface area contributed by atoms with Crippen molar-refractivity contribution in [2.75, 3.05) is 12.4 Å². The molecular formula is C24H31N3O2. The van der Waals surface area contributed by atoms with Crippen LogP contribution in [0.4, 0.5) is 10.5 Å². The molecule has 2 aromatic rings. The molecule has 2 heterocycles. The minimum atomic E-state index is -0.0951. The minimum absolute atomic E-state index is 0.0951. The van der Waals surface area contributed by atoms with E-state index in [1.807, 2.05) is 43.3 Å². The fourth-order valence-electron chi connectivity index (χ4n) is 4.87. The summed E-state index contributed by atoms with van der Waals surface area (Å²) in [5.41, 5.74) is 3.31. The number of nitrogens with zero attached hydrogens (tertiary/aromatic N) is 1. The molecule has 2 amide bonds. The summed E-state index contributed by atoms with van der Waals surface area (Å²) < 4.78 is 5.27. The normalized spacial score (nSPS) is 24.0. The van der Waals surface area contributed by atoms with E-state index in [0.717, 1.165) is 36.4 Å². The van der Waals surface area contributed by atoms with Gasteiger partial charge in [0.05, 0.1) is 7.11 Å². The van der Waals surface area contributed by atoms with Crippen LogP contribution in [-0.2, 0) is 6.54 Å². The molecule has 2 N–H and O–H groups in total. The Morgan fingerprint density at radius 3 is 2.48 bits per heavy atom. The third-order valence-electron chi connectivity index (χ3n) is 6.26. The number of benzene rings is 2. The van der Waals surface area contributed by atoms with Crippen molar-refractivity contribution in [2.24, 2.45) is 0 Å². The molecule has 0 radical (unpaired) electrons. The van der Waals surface area contributed by atoms with Crippen LogP contribution in [0.2, 0.25) is 0 Å². The Morgan fingerprint density at radius 2 is 1.83 bits per heavy atom. The Hall–Kier alpha value is -2.53. The van der Waals surface area contributed by atoms with Crippen molar-refractivity contribution >= 4 is 11.7 Å². The van der Waals surface area contributed by atoms with Gasteiger partial charge in [-0.2, -0.15) is 0 Å². The van der Waals surface area contributed by atoms with Crippen LogP contribution in [0, 0.1) is 6.92 Å². The van der Waals surface area contributed by atoms with Gasteiger partial charge in [0.2, 0.25) is 0 Å². The largest absolute Gasteiger partial charge is 0.497 e. The Morgan fingerprint density at radius 1 is 1.10 bits per heavy atom. The number of ether oxygens (including phenoxy) is 1. The summed E-state index contributed by atoms with van der Waals surface area (Å²) in [4.78, 5) is 15.2. The molecule has 154 valence electrons. The van der Waals surface area contributed by atoms with Gasteiger partial charge >= 0.3 is 6.03 Å². The molecule has 0 aliphatic carbocycles. The van der Waals surface area contributed by atoms with Crippen molar-refractivity contribution < 1.29 is 9.53 Å². The highest BCUT2D eigenvalue weighted by Crippen LogP contribution is 2.35. The number of rotatable bonds is 5. The number of hydrogen-bond acceptors (Lipinski definition) is 3. The van der Waals surface area contributed by atoms with E-state index in [1.165, 1.54) is 24.8 Å². The molecule has 4 rings (SSSR count). The van der Waals surface area contributed by atoms with Crippen molar-refractivity contribution in [2.45, 2.75) is 63.7 Å². The van der Waals surface area contributed by atoms with Gasteiger partial charge in [0.1, 0.15) is 5.75 Å². The number of aryl methyl sites for hydroxylation is 1. The smallest absolute Gasteiger partial charge is 0.319 e. The van der Waals surface area contributed by atoms with Crippen LogP contribution in [0.5, 0.6) is 5.75 Å². The van der Waals surface area contributed by atoms with Crippen molar-refractivity contribution in [3.63, 3.8) is 0 Å². The second-order valence-electron chi connectivity index (χ2n) is 8.40. The van der Waals surface area contributed by atoms with Gasteiger partial charge in [-0.25, -0.2) is 4.79 Å². The van der Waals surface area contributed by atoms with Gasteiger partial charge in [-0.3, -0.25) is 4.90 Å². The first kappa shape index (κ1) is 19.8. The highest BCUT2D eigenvalue weighted by Gasteiger charge is 2.38. The summed E-state index contributed by atoms with van der Waals surface area (Å²) >= 11 is 0. The Kier molecular flexibility index (Phi) is 6.05. The van der Waals surface area contributed by atoms with Crippen LogP contribution in [0.3, 0.4) is 0 Å². The lowest BCUT2D eigenvalue weighted by atomic mass is 9.81. The van der Waals surface area contributed by atoms with E-state index < -0.39 is 0 Å². The zero-order chi connectivity index (χ0) is 20.2. The van der Waals surface area contributed by atoms with Crippen LogP contribution in [0.1, 0.15) is 43.2 Å². The first-order valence-corrected chi connectivity index (χ1v) is 10.6. The fourth-order valence-corrected chi connectivity index (χ4v) is 4.87. The third kappa shape index (κ3) is 4.91. The van der Waals surface area contributed by atoms with Crippen molar-refractivity contribution in [3.05, 3.63) is 59.7 Å². The summed E-state index contributed by atoms with van der Waals surface area (Å²) in [7, 11) is 1.70.